The van der Waals surface area contributed by atoms with E-state index in [-0.39, 0.29) is 16.8 Å². The van der Waals surface area contributed by atoms with Gasteiger partial charge >= 0.3 is 5.82 Å². The summed E-state index contributed by atoms with van der Waals surface area (Å²) in [6.45, 7) is 6.36. The second-order valence-electron chi connectivity index (χ2n) is 4.89. The summed E-state index contributed by atoms with van der Waals surface area (Å²) < 4.78 is 1.52. The van der Waals surface area contributed by atoms with E-state index >= 15 is 0 Å². The van der Waals surface area contributed by atoms with Crippen LogP contribution in [0.2, 0.25) is 0 Å². The third-order valence-electron chi connectivity index (χ3n) is 3.25. The molecule has 0 radical (unpaired) electrons. The number of rotatable bonds is 6. The zero-order valence-corrected chi connectivity index (χ0v) is 12.1. The lowest BCUT2D eigenvalue weighted by molar-refractivity contribution is -0.389. The highest BCUT2D eigenvalue weighted by atomic mass is 32.1. The van der Waals surface area contributed by atoms with Crippen LogP contribution in [0.3, 0.4) is 0 Å². The molecule has 7 heteroatoms. The first-order chi connectivity index (χ1) is 9.02. The largest absolute Gasteiger partial charge is 0.372 e. The monoisotopic (exact) mass is 282 g/mol. The second-order valence-corrected chi connectivity index (χ2v) is 5.76. The van der Waals surface area contributed by atoms with Crippen molar-refractivity contribution >= 4 is 27.9 Å². The van der Waals surface area contributed by atoms with Gasteiger partial charge in [0.2, 0.25) is 5.82 Å². The minimum atomic E-state index is -0.384. The highest BCUT2D eigenvalue weighted by Gasteiger charge is 2.24. The van der Waals surface area contributed by atoms with Crippen molar-refractivity contribution in [1.29, 1.82) is 0 Å². The van der Waals surface area contributed by atoms with E-state index in [0.29, 0.717) is 16.7 Å². The number of anilines is 1. The lowest BCUT2D eigenvalue weighted by atomic mass is 10.0. The lowest BCUT2D eigenvalue weighted by Gasteiger charge is -2.16. The van der Waals surface area contributed by atoms with Crippen molar-refractivity contribution in [1.82, 2.24) is 9.38 Å². The van der Waals surface area contributed by atoms with Crippen LogP contribution in [0.4, 0.5) is 11.6 Å². The van der Waals surface area contributed by atoms with E-state index in [1.54, 1.807) is 11.6 Å². The van der Waals surface area contributed by atoms with E-state index in [0.717, 1.165) is 12.8 Å². The molecule has 0 aromatic carbocycles. The van der Waals surface area contributed by atoms with Gasteiger partial charge in [-0.05, 0) is 24.2 Å². The Balaban J connectivity index is 2.22. The average molecular weight is 282 g/mol. The molecule has 2 unspecified atom stereocenters. The fraction of sp³-hybridized carbons (Fsp3) is 0.583. The van der Waals surface area contributed by atoms with Crippen molar-refractivity contribution in [3.8, 4) is 0 Å². The van der Waals surface area contributed by atoms with E-state index in [9.17, 15) is 10.1 Å². The van der Waals surface area contributed by atoms with Crippen LogP contribution in [0.5, 0.6) is 0 Å². The molecule has 104 valence electrons. The molecule has 0 saturated heterocycles. The average Bonchev–Trinajstić information content (AvgIpc) is 2.87. The molecule has 6 nitrogen and oxygen atoms in total. The third-order valence-corrected chi connectivity index (χ3v) is 4.00. The van der Waals surface area contributed by atoms with Crippen LogP contribution in [0.15, 0.2) is 11.6 Å². The first kappa shape index (κ1) is 13.8. The molecular weight excluding hydrogens is 264 g/mol. The van der Waals surface area contributed by atoms with Gasteiger partial charge in [0.05, 0.1) is 0 Å². The maximum atomic E-state index is 11.2. The summed E-state index contributed by atoms with van der Waals surface area (Å²) >= 11 is 1.39. The number of thiazole rings is 1. The number of hydrogen-bond acceptors (Lipinski definition) is 5. The molecule has 2 aromatic rings. The molecular formula is C12H18N4O2S. The number of nitrogens with zero attached hydrogens (tertiary/aromatic N) is 3. The van der Waals surface area contributed by atoms with Gasteiger partial charge in [0, 0.05) is 11.4 Å². The maximum Gasteiger partial charge on any atom is 0.372 e. The molecule has 2 aromatic heterocycles. The predicted octanol–water partition coefficient (Wildman–Crippen LogP) is 3.54. The predicted molar refractivity (Wildman–Crippen MR) is 76.9 cm³/mol. The molecule has 0 saturated carbocycles. The van der Waals surface area contributed by atoms with Crippen LogP contribution >= 0.6 is 11.3 Å². The Morgan fingerprint density at radius 3 is 2.95 bits per heavy atom. The molecule has 0 amide bonds. The van der Waals surface area contributed by atoms with Crippen LogP contribution in [0.1, 0.15) is 33.6 Å². The Hall–Kier alpha value is -1.63. The van der Waals surface area contributed by atoms with Crippen molar-refractivity contribution in [2.75, 3.05) is 5.32 Å². The van der Waals surface area contributed by atoms with Gasteiger partial charge < -0.3 is 15.4 Å². The van der Waals surface area contributed by atoms with Gasteiger partial charge in [0.1, 0.15) is 6.20 Å². The molecule has 0 aliphatic carbocycles. The van der Waals surface area contributed by atoms with Crippen LogP contribution < -0.4 is 5.32 Å². The molecule has 0 fully saturated rings. The third kappa shape index (κ3) is 2.86. The van der Waals surface area contributed by atoms with Gasteiger partial charge in [-0.15, -0.1) is 0 Å². The molecule has 0 aliphatic rings. The summed E-state index contributed by atoms with van der Waals surface area (Å²) in [5.41, 5.74) is 0. The lowest BCUT2D eigenvalue weighted by Crippen LogP contribution is -2.19. The van der Waals surface area contributed by atoms with Gasteiger partial charge in [-0.25, -0.2) is 0 Å². The summed E-state index contributed by atoms with van der Waals surface area (Å²) in [6.07, 6.45) is 3.75. The van der Waals surface area contributed by atoms with Crippen molar-refractivity contribution in [2.45, 2.75) is 39.7 Å². The Labute approximate surface area is 115 Å². The first-order valence-electron chi connectivity index (χ1n) is 6.39. The quantitative estimate of drug-likeness (QED) is 0.649. The Morgan fingerprint density at radius 1 is 1.58 bits per heavy atom. The zero-order chi connectivity index (χ0) is 14.0. The van der Waals surface area contributed by atoms with E-state index in [2.05, 4.69) is 24.1 Å². The minimum absolute atomic E-state index is 0.0206. The van der Waals surface area contributed by atoms with Crippen molar-refractivity contribution < 1.29 is 4.92 Å². The molecule has 0 spiro atoms. The van der Waals surface area contributed by atoms with Gasteiger partial charge in [-0.3, -0.25) is 0 Å². The highest BCUT2D eigenvalue weighted by Crippen LogP contribution is 2.29. The number of hydrogen-bond donors (Lipinski definition) is 1. The Bertz CT molecular complexity index is 577. The number of imidazole rings is 1. The molecule has 2 rings (SSSR count). The molecule has 0 bridgehead atoms. The number of fused-ring (bicyclic) bond motifs is 1. The van der Waals surface area contributed by atoms with E-state index < -0.39 is 0 Å². The number of nitrogens with one attached hydrogen (secondary N) is 1. The van der Waals surface area contributed by atoms with Gasteiger partial charge in [-0.1, -0.05) is 31.6 Å². The smallest absolute Gasteiger partial charge is 0.360 e. The van der Waals surface area contributed by atoms with Crippen molar-refractivity contribution in [3.63, 3.8) is 0 Å². The highest BCUT2D eigenvalue weighted by molar-refractivity contribution is 7.15. The summed E-state index contributed by atoms with van der Waals surface area (Å²) in [4.78, 5) is 15.7. The fourth-order valence-electron chi connectivity index (χ4n) is 2.11. The van der Waals surface area contributed by atoms with Gasteiger partial charge in [0.15, 0.2) is 0 Å². The van der Waals surface area contributed by atoms with Crippen molar-refractivity contribution in [3.05, 3.63) is 21.7 Å². The number of nitro groups is 1. The Kier molecular flexibility index (Phi) is 4.04. The van der Waals surface area contributed by atoms with Gasteiger partial charge in [-0.2, -0.15) is 9.38 Å². The Morgan fingerprint density at radius 2 is 2.32 bits per heavy atom. The minimum Gasteiger partial charge on any atom is -0.360 e. The molecule has 2 atom stereocenters. The van der Waals surface area contributed by atoms with Crippen LogP contribution in [-0.2, 0) is 0 Å². The van der Waals surface area contributed by atoms with E-state index in [1.165, 1.54) is 15.7 Å². The maximum absolute atomic E-state index is 11.2. The zero-order valence-electron chi connectivity index (χ0n) is 11.3. The van der Waals surface area contributed by atoms with E-state index in [1.807, 2.05) is 6.92 Å². The topological polar surface area (TPSA) is 72.5 Å². The van der Waals surface area contributed by atoms with Crippen LogP contribution in [0, 0.1) is 16.0 Å². The number of aromatic nitrogens is 2. The summed E-state index contributed by atoms with van der Waals surface area (Å²) in [6, 6.07) is 0.165. The van der Waals surface area contributed by atoms with Gasteiger partial charge in [0.25, 0.3) is 4.96 Å². The van der Waals surface area contributed by atoms with Crippen LogP contribution in [-0.4, -0.2) is 20.3 Å². The normalized spacial score (nSPS) is 14.5. The molecule has 0 aliphatic heterocycles. The molecule has 1 N–H and O–H groups in total. The summed E-state index contributed by atoms with van der Waals surface area (Å²) in [5, 5.41) is 16.1. The first-order valence-corrected chi connectivity index (χ1v) is 7.27. The standard InChI is InChI=1S/C12H18N4O2S/c1-4-8(2)7-9(3)13-10-11(16(17)18)15-5-6-19-12(15)14-10/h5-6,8-9,13H,4,7H2,1-3H3. The second kappa shape index (κ2) is 5.56. The van der Waals surface area contributed by atoms with E-state index in [4.69, 9.17) is 0 Å². The molecule has 19 heavy (non-hydrogen) atoms. The fourth-order valence-corrected chi connectivity index (χ4v) is 2.82. The van der Waals surface area contributed by atoms with Crippen molar-refractivity contribution in [2.24, 2.45) is 5.92 Å². The summed E-state index contributed by atoms with van der Waals surface area (Å²) in [5.74, 6) is 0.977. The molecule has 2 heterocycles. The SMILES string of the molecule is CCC(C)CC(C)Nc1nc2sccn2c1[N+](=O)[O-]. The van der Waals surface area contributed by atoms with Crippen LogP contribution in [0.25, 0.3) is 4.96 Å². The summed E-state index contributed by atoms with van der Waals surface area (Å²) in [7, 11) is 0.